The van der Waals surface area contributed by atoms with Gasteiger partial charge in [0.05, 0.1) is 18.7 Å². The highest BCUT2D eigenvalue weighted by Gasteiger charge is 2.16. The molecule has 2 aromatic carbocycles. The number of anilines is 1. The summed E-state index contributed by atoms with van der Waals surface area (Å²) >= 11 is 9.76. The van der Waals surface area contributed by atoms with Crippen LogP contribution >= 0.6 is 27.5 Å². The maximum atomic E-state index is 12.1. The molecule has 0 spiro atoms. The topological polar surface area (TPSA) is 68.8 Å². The molecule has 30 heavy (non-hydrogen) atoms. The van der Waals surface area contributed by atoms with Crippen molar-refractivity contribution >= 4 is 39.1 Å². The van der Waals surface area contributed by atoms with Crippen LogP contribution < -0.4 is 24.8 Å². The molecule has 0 radical (unpaired) electrons. The predicted octanol–water partition coefficient (Wildman–Crippen LogP) is 5.42. The zero-order chi connectivity index (χ0) is 22.3. The van der Waals surface area contributed by atoms with Gasteiger partial charge < -0.3 is 24.8 Å². The zero-order valence-corrected chi connectivity index (χ0v) is 20.2. The van der Waals surface area contributed by atoms with Crippen LogP contribution in [0.1, 0.15) is 33.3 Å². The molecule has 0 saturated heterocycles. The summed E-state index contributed by atoms with van der Waals surface area (Å²) in [5.74, 6) is 1.51. The molecule has 2 aromatic rings. The molecule has 0 fully saturated rings. The molecule has 0 aliphatic rings. The lowest BCUT2D eigenvalue weighted by Crippen LogP contribution is -2.43. The molecule has 0 aromatic heterocycles. The van der Waals surface area contributed by atoms with Crippen LogP contribution in [0.5, 0.6) is 17.2 Å². The van der Waals surface area contributed by atoms with Crippen LogP contribution in [0.4, 0.5) is 5.69 Å². The Labute approximate surface area is 191 Å². The average Bonchev–Trinajstić information content (AvgIpc) is 2.65. The Bertz CT molecular complexity index is 884. The maximum Gasteiger partial charge on any atom is 0.258 e. The Morgan fingerprint density at radius 1 is 1.10 bits per heavy atom. The van der Waals surface area contributed by atoms with E-state index in [0.717, 1.165) is 15.7 Å². The van der Waals surface area contributed by atoms with E-state index in [-0.39, 0.29) is 18.1 Å². The van der Waals surface area contributed by atoms with Crippen molar-refractivity contribution in [2.75, 3.05) is 25.6 Å². The second kappa shape index (κ2) is 10.8. The molecule has 0 aliphatic heterocycles. The summed E-state index contributed by atoms with van der Waals surface area (Å²) in [6.45, 7) is 8.59. The highest BCUT2D eigenvalue weighted by Crippen LogP contribution is 2.35. The van der Waals surface area contributed by atoms with Gasteiger partial charge in [0.25, 0.3) is 5.91 Å². The van der Waals surface area contributed by atoms with Gasteiger partial charge in [-0.2, -0.15) is 0 Å². The molecule has 0 aliphatic carbocycles. The molecule has 0 saturated carbocycles. The lowest BCUT2D eigenvalue weighted by molar-refractivity contribution is -0.124. The molecule has 2 rings (SSSR count). The number of amides is 1. The molecular formula is C22H28BrClN2O4. The number of benzene rings is 2. The second-order valence-electron chi connectivity index (χ2n) is 7.61. The Kier molecular flexibility index (Phi) is 8.67. The van der Waals surface area contributed by atoms with Crippen LogP contribution in [0.15, 0.2) is 34.8 Å². The van der Waals surface area contributed by atoms with E-state index in [4.69, 9.17) is 25.8 Å². The molecular weight excluding hydrogens is 472 g/mol. The van der Waals surface area contributed by atoms with E-state index in [1.807, 2.05) is 58.0 Å². The average molecular weight is 500 g/mol. The van der Waals surface area contributed by atoms with Gasteiger partial charge in [0.2, 0.25) is 0 Å². The summed E-state index contributed by atoms with van der Waals surface area (Å²) in [5.41, 5.74) is 1.52. The van der Waals surface area contributed by atoms with Crippen molar-refractivity contribution < 1.29 is 19.0 Å². The number of ether oxygens (including phenoxy) is 3. The van der Waals surface area contributed by atoms with E-state index in [2.05, 4.69) is 26.6 Å². The lowest BCUT2D eigenvalue weighted by Gasteiger charge is -2.21. The first kappa shape index (κ1) is 24.2. The Hall–Kier alpha value is -2.12. The minimum absolute atomic E-state index is 0.0915. The monoisotopic (exact) mass is 498 g/mol. The van der Waals surface area contributed by atoms with E-state index in [0.29, 0.717) is 35.4 Å². The van der Waals surface area contributed by atoms with Crippen LogP contribution in [0.3, 0.4) is 0 Å². The molecule has 164 valence electrons. The lowest BCUT2D eigenvalue weighted by atomic mass is 10.1. The van der Waals surface area contributed by atoms with Gasteiger partial charge in [0.15, 0.2) is 18.1 Å². The third-order valence-corrected chi connectivity index (χ3v) is 4.95. The van der Waals surface area contributed by atoms with Crippen LogP contribution in [0.2, 0.25) is 5.02 Å². The van der Waals surface area contributed by atoms with Crippen LogP contribution in [0.25, 0.3) is 0 Å². The predicted molar refractivity (Wildman–Crippen MR) is 124 cm³/mol. The van der Waals surface area contributed by atoms with Gasteiger partial charge in [-0.25, -0.2) is 0 Å². The number of hydrogen-bond donors (Lipinski definition) is 2. The summed E-state index contributed by atoms with van der Waals surface area (Å²) in [6, 6.07) is 9.22. The third-order valence-electron chi connectivity index (χ3n) is 3.92. The largest absolute Gasteiger partial charge is 0.495 e. The van der Waals surface area contributed by atoms with E-state index >= 15 is 0 Å². The van der Waals surface area contributed by atoms with Crippen molar-refractivity contribution in [1.29, 1.82) is 0 Å². The van der Waals surface area contributed by atoms with Gasteiger partial charge >= 0.3 is 0 Å². The van der Waals surface area contributed by atoms with Gasteiger partial charge in [-0.05, 0) is 63.6 Å². The normalized spacial score (nSPS) is 11.0. The van der Waals surface area contributed by atoms with E-state index in [1.165, 1.54) is 0 Å². The molecule has 0 unspecified atom stereocenters. The first-order valence-electron chi connectivity index (χ1n) is 9.59. The maximum absolute atomic E-state index is 12.1. The van der Waals surface area contributed by atoms with Gasteiger partial charge in [-0.1, -0.05) is 27.5 Å². The van der Waals surface area contributed by atoms with Crippen LogP contribution in [-0.4, -0.2) is 31.8 Å². The van der Waals surface area contributed by atoms with E-state index in [1.54, 1.807) is 7.11 Å². The molecule has 6 nitrogen and oxygen atoms in total. The van der Waals surface area contributed by atoms with E-state index in [9.17, 15) is 4.79 Å². The van der Waals surface area contributed by atoms with Crippen LogP contribution in [-0.2, 0) is 11.3 Å². The number of nitrogens with one attached hydrogen (secondary N) is 2. The number of methoxy groups -OCH3 is 1. The number of hydrogen-bond acceptors (Lipinski definition) is 5. The fourth-order valence-electron chi connectivity index (χ4n) is 2.67. The summed E-state index contributed by atoms with van der Waals surface area (Å²) in [4.78, 5) is 12.1. The molecule has 2 N–H and O–H groups in total. The highest BCUT2D eigenvalue weighted by molar-refractivity contribution is 9.10. The first-order valence-corrected chi connectivity index (χ1v) is 10.8. The van der Waals surface area contributed by atoms with Crippen LogP contribution in [0, 0.1) is 0 Å². The zero-order valence-electron chi connectivity index (χ0n) is 17.9. The van der Waals surface area contributed by atoms with Crippen molar-refractivity contribution in [1.82, 2.24) is 5.32 Å². The smallest absolute Gasteiger partial charge is 0.258 e. The quantitative estimate of drug-likeness (QED) is 0.482. The molecule has 0 bridgehead atoms. The summed E-state index contributed by atoms with van der Waals surface area (Å²) in [5, 5.41) is 6.74. The fourth-order valence-corrected chi connectivity index (χ4v) is 3.39. The van der Waals surface area contributed by atoms with Gasteiger partial charge in [0, 0.05) is 22.2 Å². The molecule has 0 heterocycles. The standard InChI is InChI=1S/C22H28BrClN2O4/c1-6-29-19-9-14(12-25-15-7-8-18(28-5)17(24)10-15)16(23)11-20(19)30-13-21(27)26-22(2,3)4/h7-11,25H,6,12-13H2,1-5H3,(H,26,27). The molecule has 0 atom stereocenters. The Morgan fingerprint density at radius 2 is 1.80 bits per heavy atom. The number of rotatable bonds is 9. The Morgan fingerprint density at radius 3 is 2.40 bits per heavy atom. The minimum atomic E-state index is -0.316. The Balaban J connectivity index is 2.11. The number of carbonyl (C=O) groups is 1. The SMILES string of the molecule is CCOc1cc(CNc2ccc(OC)c(Cl)c2)c(Br)cc1OCC(=O)NC(C)(C)C. The first-order chi connectivity index (χ1) is 14.1. The third kappa shape index (κ3) is 7.29. The van der Waals surface area contributed by atoms with Gasteiger partial charge in [0.1, 0.15) is 5.75 Å². The van der Waals surface area contributed by atoms with Crippen molar-refractivity contribution in [3.8, 4) is 17.2 Å². The summed E-state index contributed by atoms with van der Waals surface area (Å²) < 4.78 is 17.5. The number of carbonyl (C=O) groups excluding carboxylic acids is 1. The van der Waals surface area contributed by atoms with Crippen molar-refractivity contribution in [2.45, 2.75) is 39.8 Å². The summed E-state index contributed by atoms with van der Waals surface area (Å²) in [7, 11) is 1.58. The minimum Gasteiger partial charge on any atom is -0.495 e. The second-order valence-corrected chi connectivity index (χ2v) is 8.87. The molecule has 1 amide bonds. The van der Waals surface area contributed by atoms with Crippen molar-refractivity contribution in [2.24, 2.45) is 0 Å². The number of halogens is 2. The van der Waals surface area contributed by atoms with Crippen molar-refractivity contribution in [3.63, 3.8) is 0 Å². The van der Waals surface area contributed by atoms with Crippen molar-refractivity contribution in [3.05, 3.63) is 45.4 Å². The van der Waals surface area contributed by atoms with E-state index < -0.39 is 0 Å². The van der Waals surface area contributed by atoms with Gasteiger partial charge in [-0.15, -0.1) is 0 Å². The summed E-state index contributed by atoms with van der Waals surface area (Å²) in [6.07, 6.45) is 0. The fraction of sp³-hybridized carbons (Fsp3) is 0.409. The van der Waals surface area contributed by atoms with Gasteiger partial charge in [-0.3, -0.25) is 4.79 Å². The highest BCUT2D eigenvalue weighted by atomic mass is 79.9. The molecule has 8 heteroatoms.